The van der Waals surface area contributed by atoms with Crippen molar-refractivity contribution in [2.45, 2.75) is 13.0 Å². The first-order valence-corrected chi connectivity index (χ1v) is 6.55. The highest BCUT2D eigenvalue weighted by atomic mass is 16.6. The highest BCUT2D eigenvalue weighted by Gasteiger charge is 2.29. The molecule has 0 aliphatic heterocycles. The Morgan fingerprint density at radius 1 is 1.45 bits per heavy atom. The second-order valence-corrected chi connectivity index (χ2v) is 4.33. The lowest BCUT2D eigenvalue weighted by Crippen LogP contribution is -2.22. The second kappa shape index (κ2) is 6.70. The van der Waals surface area contributed by atoms with Crippen LogP contribution in [-0.2, 0) is 9.53 Å². The van der Waals surface area contributed by atoms with Crippen LogP contribution in [-0.4, -0.2) is 34.2 Å². The molecular weight excluding hydrogens is 290 g/mol. The van der Waals surface area contributed by atoms with Crippen molar-refractivity contribution in [2.24, 2.45) is 0 Å². The van der Waals surface area contributed by atoms with Gasteiger partial charge in [-0.1, -0.05) is 18.2 Å². The van der Waals surface area contributed by atoms with Crippen LogP contribution in [0.5, 0.6) is 5.75 Å². The Morgan fingerprint density at radius 2 is 2.18 bits per heavy atom. The van der Waals surface area contributed by atoms with E-state index in [1.165, 1.54) is 24.2 Å². The molecule has 1 unspecified atom stereocenters. The highest BCUT2D eigenvalue weighted by molar-refractivity contribution is 5.79. The van der Waals surface area contributed by atoms with Gasteiger partial charge in [-0.15, -0.1) is 0 Å². The molecule has 0 aliphatic carbocycles. The van der Waals surface area contributed by atoms with Gasteiger partial charge in [-0.3, -0.25) is 4.57 Å². The molecule has 2 rings (SSSR count). The van der Waals surface area contributed by atoms with Gasteiger partial charge in [-0.25, -0.2) is 4.79 Å². The highest BCUT2D eigenvalue weighted by Crippen LogP contribution is 2.29. The molecule has 0 N–H and O–H groups in total. The number of rotatable bonds is 6. The summed E-state index contributed by atoms with van der Waals surface area (Å²) in [6.45, 7) is 1.88. The van der Waals surface area contributed by atoms with E-state index in [4.69, 9.17) is 9.47 Å². The summed E-state index contributed by atoms with van der Waals surface area (Å²) >= 11 is 0. The Morgan fingerprint density at radius 3 is 2.77 bits per heavy atom. The van der Waals surface area contributed by atoms with E-state index < -0.39 is 16.9 Å². The molecule has 0 spiro atoms. The minimum absolute atomic E-state index is 0.196. The predicted octanol–water partition coefficient (Wildman–Crippen LogP) is 1.95. The van der Waals surface area contributed by atoms with Gasteiger partial charge in [0.05, 0.1) is 13.7 Å². The quantitative estimate of drug-likeness (QED) is 0.460. The van der Waals surface area contributed by atoms with Gasteiger partial charge in [0.25, 0.3) is 0 Å². The Balaban J connectivity index is 2.50. The maximum Gasteiger partial charge on any atom is 0.381 e. The third kappa shape index (κ3) is 3.05. The van der Waals surface area contributed by atoms with E-state index in [2.05, 4.69) is 4.98 Å². The van der Waals surface area contributed by atoms with Crippen molar-refractivity contribution in [3.8, 4) is 5.75 Å². The molecule has 1 atom stereocenters. The lowest BCUT2D eigenvalue weighted by Gasteiger charge is -2.18. The molecule has 22 heavy (non-hydrogen) atoms. The van der Waals surface area contributed by atoms with E-state index in [1.807, 2.05) is 0 Å². The summed E-state index contributed by atoms with van der Waals surface area (Å²) in [7, 11) is 1.48. The summed E-state index contributed by atoms with van der Waals surface area (Å²) < 4.78 is 11.7. The van der Waals surface area contributed by atoms with Crippen LogP contribution in [0.25, 0.3) is 0 Å². The van der Waals surface area contributed by atoms with E-state index in [-0.39, 0.29) is 12.4 Å². The molecule has 0 radical (unpaired) electrons. The van der Waals surface area contributed by atoms with Gasteiger partial charge in [-0.05, 0) is 22.9 Å². The number of hydrogen-bond acceptors (Lipinski definition) is 6. The van der Waals surface area contributed by atoms with Gasteiger partial charge in [0.1, 0.15) is 11.9 Å². The van der Waals surface area contributed by atoms with Crippen LogP contribution in [0, 0.1) is 10.1 Å². The zero-order valence-electron chi connectivity index (χ0n) is 12.1. The molecule has 2 aromatic rings. The fraction of sp³-hybridized carbons (Fsp3) is 0.286. The molecule has 8 nitrogen and oxygen atoms in total. The fourth-order valence-corrected chi connectivity index (χ4v) is 2.08. The number of nitrogens with zero attached hydrogens (tertiary/aromatic N) is 3. The molecule has 1 aromatic heterocycles. The van der Waals surface area contributed by atoms with Crippen LogP contribution in [0.3, 0.4) is 0 Å². The van der Waals surface area contributed by atoms with Crippen molar-refractivity contribution in [3.05, 3.63) is 52.5 Å². The van der Waals surface area contributed by atoms with Crippen LogP contribution in [0.1, 0.15) is 18.5 Å². The maximum atomic E-state index is 12.3. The average Bonchev–Trinajstić information content (AvgIpc) is 2.98. The molecule has 0 saturated carbocycles. The fourth-order valence-electron chi connectivity index (χ4n) is 2.08. The predicted molar refractivity (Wildman–Crippen MR) is 76.6 cm³/mol. The number of nitro groups is 1. The van der Waals surface area contributed by atoms with Gasteiger partial charge in [0, 0.05) is 5.56 Å². The van der Waals surface area contributed by atoms with Crippen LogP contribution in [0.4, 0.5) is 5.82 Å². The second-order valence-electron chi connectivity index (χ2n) is 4.33. The van der Waals surface area contributed by atoms with Crippen LogP contribution in [0.15, 0.2) is 36.8 Å². The van der Waals surface area contributed by atoms with Crippen LogP contribution in [0.2, 0.25) is 0 Å². The summed E-state index contributed by atoms with van der Waals surface area (Å²) in [5.74, 6) is -0.402. The van der Waals surface area contributed by atoms with Gasteiger partial charge >= 0.3 is 11.8 Å². The minimum Gasteiger partial charge on any atom is -0.496 e. The number of esters is 1. The van der Waals surface area contributed by atoms with Crippen molar-refractivity contribution in [1.29, 1.82) is 0 Å². The van der Waals surface area contributed by atoms with Crippen molar-refractivity contribution in [2.75, 3.05) is 13.7 Å². The average molecular weight is 305 g/mol. The molecule has 1 heterocycles. The first-order chi connectivity index (χ1) is 10.6. The third-order valence-corrected chi connectivity index (χ3v) is 3.02. The zero-order chi connectivity index (χ0) is 16.1. The molecule has 1 aromatic carbocycles. The van der Waals surface area contributed by atoms with E-state index in [1.54, 1.807) is 31.2 Å². The summed E-state index contributed by atoms with van der Waals surface area (Å²) in [4.78, 5) is 26.1. The third-order valence-electron chi connectivity index (χ3n) is 3.02. The largest absolute Gasteiger partial charge is 0.496 e. The molecule has 0 aliphatic rings. The minimum atomic E-state index is -0.905. The summed E-state index contributed by atoms with van der Waals surface area (Å²) in [5, 5.41) is 10.8. The number of ether oxygens (including phenoxy) is 2. The van der Waals surface area contributed by atoms with Gasteiger partial charge in [0.2, 0.25) is 6.33 Å². The number of imidazole rings is 1. The molecule has 116 valence electrons. The Bertz CT molecular complexity index is 683. The summed E-state index contributed by atoms with van der Waals surface area (Å²) in [5.41, 5.74) is 0.538. The molecular formula is C14H15N3O5. The lowest BCUT2D eigenvalue weighted by atomic mass is 10.1. The summed E-state index contributed by atoms with van der Waals surface area (Å²) in [6, 6.07) is 6.01. The van der Waals surface area contributed by atoms with Gasteiger partial charge in [-0.2, -0.15) is 0 Å². The smallest absolute Gasteiger partial charge is 0.381 e. The number of methoxy groups -OCH3 is 1. The van der Waals surface area contributed by atoms with Crippen molar-refractivity contribution in [1.82, 2.24) is 9.55 Å². The monoisotopic (exact) mass is 305 g/mol. The Hall–Kier alpha value is -2.90. The summed E-state index contributed by atoms with van der Waals surface area (Å²) in [6.07, 6.45) is 2.42. The van der Waals surface area contributed by atoms with Crippen LogP contribution >= 0.6 is 0 Å². The van der Waals surface area contributed by atoms with E-state index in [0.717, 1.165) is 0 Å². The molecule has 0 amide bonds. The van der Waals surface area contributed by atoms with E-state index in [9.17, 15) is 14.9 Å². The van der Waals surface area contributed by atoms with Crippen LogP contribution < -0.4 is 4.74 Å². The zero-order valence-corrected chi connectivity index (χ0v) is 12.1. The van der Waals surface area contributed by atoms with Crippen molar-refractivity contribution < 1.29 is 19.2 Å². The Labute approximate surface area is 126 Å². The molecule has 0 fully saturated rings. The SMILES string of the molecule is CCOC(=O)C(c1ccccc1OC)n1cnc([N+](=O)[O-])c1. The number of benzene rings is 1. The molecule has 0 saturated heterocycles. The van der Waals surface area contributed by atoms with E-state index >= 15 is 0 Å². The normalized spacial score (nSPS) is 11.7. The van der Waals surface area contributed by atoms with Crippen molar-refractivity contribution >= 4 is 11.8 Å². The number of carbonyl (C=O) groups is 1. The standard InChI is InChI=1S/C14H15N3O5/c1-3-22-14(18)13(10-6-4-5-7-11(10)21-2)16-8-12(15-9-16)17(19)20/h4-9,13H,3H2,1-2H3. The number of para-hydroxylation sites is 1. The number of aromatic nitrogens is 2. The lowest BCUT2D eigenvalue weighted by molar-refractivity contribution is -0.389. The molecule has 0 bridgehead atoms. The van der Waals surface area contributed by atoms with Crippen molar-refractivity contribution in [3.63, 3.8) is 0 Å². The van der Waals surface area contributed by atoms with E-state index in [0.29, 0.717) is 11.3 Å². The molecule has 8 heteroatoms. The first-order valence-electron chi connectivity index (χ1n) is 6.55. The number of carbonyl (C=O) groups excluding carboxylic acids is 1. The van der Waals surface area contributed by atoms with Gasteiger partial charge < -0.3 is 19.6 Å². The topological polar surface area (TPSA) is 96.5 Å². The first kappa shape index (κ1) is 15.5. The maximum absolute atomic E-state index is 12.3. The van der Waals surface area contributed by atoms with Gasteiger partial charge in [0.15, 0.2) is 6.04 Å². The number of hydrogen-bond donors (Lipinski definition) is 0. The Kier molecular flexibility index (Phi) is 4.72.